The van der Waals surface area contributed by atoms with Gasteiger partial charge >= 0.3 is 6.09 Å². The Morgan fingerprint density at radius 2 is 2.04 bits per heavy atom. The van der Waals surface area contributed by atoms with Gasteiger partial charge in [-0.15, -0.1) is 0 Å². The number of aromatic nitrogens is 2. The van der Waals surface area contributed by atoms with Crippen molar-refractivity contribution >= 4 is 22.7 Å². The maximum Gasteiger partial charge on any atom is 0.411 e. The lowest BCUT2D eigenvalue weighted by Gasteiger charge is -2.35. The quantitative estimate of drug-likeness (QED) is 0.797. The molecule has 3 heterocycles. The first-order chi connectivity index (χ1) is 11.4. The molecule has 2 unspecified atom stereocenters. The van der Waals surface area contributed by atoms with E-state index in [9.17, 15) is 4.79 Å². The number of hydrogen-bond donors (Lipinski definition) is 0. The smallest absolute Gasteiger partial charge is 0.411 e. The monoisotopic (exact) mass is 327 g/mol. The summed E-state index contributed by atoms with van der Waals surface area (Å²) in [6.45, 7) is 5.71. The van der Waals surface area contributed by atoms with Gasteiger partial charge in [0.2, 0.25) is 0 Å². The summed E-state index contributed by atoms with van der Waals surface area (Å²) in [7, 11) is 0. The van der Waals surface area contributed by atoms with E-state index in [-0.39, 0.29) is 18.2 Å². The van der Waals surface area contributed by atoms with Crippen LogP contribution in [0, 0.1) is 0 Å². The first kappa shape index (κ1) is 15.2. The van der Waals surface area contributed by atoms with Crippen LogP contribution in [0.25, 0.3) is 16.6 Å². The van der Waals surface area contributed by atoms with Crippen molar-refractivity contribution in [3.8, 4) is 0 Å². The molecule has 4 rings (SSSR count). The molecule has 0 radical (unpaired) electrons. The van der Waals surface area contributed by atoms with E-state index in [4.69, 9.17) is 9.37 Å². The van der Waals surface area contributed by atoms with E-state index in [0.717, 1.165) is 35.9 Å². The van der Waals surface area contributed by atoms with Crippen molar-refractivity contribution in [1.29, 1.82) is 0 Å². The number of amides is 1. The Kier molecular flexibility index (Phi) is 3.37. The molecule has 1 aromatic carbocycles. The lowest BCUT2D eigenvalue weighted by molar-refractivity contribution is 0.0175. The van der Waals surface area contributed by atoms with Crippen molar-refractivity contribution < 1.29 is 14.2 Å². The van der Waals surface area contributed by atoms with Gasteiger partial charge in [0, 0.05) is 6.04 Å². The van der Waals surface area contributed by atoms with Gasteiger partial charge in [-0.2, -0.15) is 0 Å². The lowest BCUT2D eigenvalue weighted by Crippen LogP contribution is -2.45. The van der Waals surface area contributed by atoms with E-state index in [1.54, 1.807) is 0 Å². The molecule has 2 aliphatic heterocycles. The van der Waals surface area contributed by atoms with Crippen LogP contribution in [0.2, 0.25) is 0 Å². The Balaban J connectivity index is 1.60. The van der Waals surface area contributed by atoms with E-state index >= 15 is 0 Å². The number of nitrogens with zero attached hydrogens (tertiary/aromatic N) is 3. The molecule has 1 saturated heterocycles. The predicted octanol–water partition coefficient (Wildman–Crippen LogP) is 3.78. The molecule has 0 aliphatic carbocycles. The van der Waals surface area contributed by atoms with Gasteiger partial charge in [-0.1, -0.05) is 12.1 Å². The molecule has 2 atom stereocenters. The molecule has 1 fully saturated rings. The highest BCUT2D eigenvalue weighted by Crippen LogP contribution is 2.39. The second-order valence-corrected chi connectivity index (χ2v) is 7.55. The van der Waals surface area contributed by atoms with Crippen LogP contribution in [0.5, 0.6) is 0 Å². The number of benzene rings is 1. The molecule has 126 valence electrons. The third-order valence-corrected chi connectivity index (χ3v) is 4.62. The molecular weight excluding hydrogens is 306 g/mol. The summed E-state index contributed by atoms with van der Waals surface area (Å²) < 4.78 is 10.3. The van der Waals surface area contributed by atoms with E-state index in [0.29, 0.717) is 0 Å². The second-order valence-electron chi connectivity index (χ2n) is 7.55. The molecule has 2 aromatic rings. The van der Waals surface area contributed by atoms with Crippen LogP contribution in [0.3, 0.4) is 0 Å². The largest absolute Gasteiger partial charge is 0.444 e. The minimum atomic E-state index is -0.467. The molecule has 6 heteroatoms. The molecule has 6 nitrogen and oxygen atoms in total. The van der Waals surface area contributed by atoms with Crippen LogP contribution in [0.4, 0.5) is 4.79 Å². The highest BCUT2D eigenvalue weighted by molar-refractivity contribution is 5.81. The fourth-order valence-corrected chi connectivity index (χ4v) is 3.63. The van der Waals surface area contributed by atoms with E-state index in [2.05, 4.69) is 16.4 Å². The van der Waals surface area contributed by atoms with Gasteiger partial charge in [-0.25, -0.2) is 9.42 Å². The zero-order chi connectivity index (χ0) is 16.9. The Labute approximate surface area is 140 Å². The topological polar surface area (TPSA) is 68.5 Å². The first-order valence-electron chi connectivity index (χ1n) is 8.35. The molecule has 1 aromatic heterocycles. The number of ether oxygens (including phenoxy) is 1. The van der Waals surface area contributed by atoms with Gasteiger partial charge in [0.05, 0.1) is 6.04 Å². The van der Waals surface area contributed by atoms with Crippen molar-refractivity contribution in [3.05, 3.63) is 29.8 Å². The minimum absolute atomic E-state index is 0.111. The number of rotatable bonds is 1. The maximum atomic E-state index is 12.5. The van der Waals surface area contributed by atoms with Crippen LogP contribution in [0.1, 0.15) is 45.6 Å². The van der Waals surface area contributed by atoms with E-state index < -0.39 is 5.60 Å². The fourth-order valence-electron chi connectivity index (χ4n) is 3.63. The summed E-state index contributed by atoms with van der Waals surface area (Å²) in [5, 5.41) is 7.75. The molecule has 0 saturated carbocycles. The van der Waals surface area contributed by atoms with Gasteiger partial charge < -0.3 is 4.74 Å². The van der Waals surface area contributed by atoms with Crippen LogP contribution in [-0.2, 0) is 4.74 Å². The van der Waals surface area contributed by atoms with Gasteiger partial charge in [0.1, 0.15) is 16.6 Å². The molecule has 0 spiro atoms. The van der Waals surface area contributed by atoms with Gasteiger partial charge in [-0.05, 0) is 73.6 Å². The average molecular weight is 327 g/mol. The fraction of sp³-hybridized carbons (Fsp3) is 0.500. The Hall–Kier alpha value is -2.37. The van der Waals surface area contributed by atoms with Crippen molar-refractivity contribution in [2.24, 2.45) is 0 Å². The number of carbonyl (C=O) groups is 1. The number of fused-ring (bicyclic) bond motifs is 3. The van der Waals surface area contributed by atoms with E-state index in [1.165, 1.54) is 5.57 Å². The van der Waals surface area contributed by atoms with Gasteiger partial charge in [0.15, 0.2) is 0 Å². The molecule has 24 heavy (non-hydrogen) atoms. The molecule has 2 bridgehead atoms. The summed E-state index contributed by atoms with van der Waals surface area (Å²) in [6.07, 6.45) is 4.83. The summed E-state index contributed by atoms with van der Waals surface area (Å²) in [4.78, 5) is 14.4. The van der Waals surface area contributed by atoms with Crippen LogP contribution in [-0.4, -0.2) is 39.0 Å². The number of carbonyl (C=O) groups excluding carboxylic acids is 1. The Morgan fingerprint density at radius 3 is 2.79 bits per heavy atom. The zero-order valence-corrected chi connectivity index (χ0v) is 14.2. The predicted molar refractivity (Wildman–Crippen MR) is 89.3 cm³/mol. The molecule has 2 aliphatic rings. The van der Waals surface area contributed by atoms with Crippen LogP contribution >= 0.6 is 0 Å². The SMILES string of the molecule is CC(C)(C)OC(=O)N1C2C=C(c3ccc4nonc4c3)CC1CC2. The zero-order valence-electron chi connectivity index (χ0n) is 14.2. The lowest BCUT2D eigenvalue weighted by atomic mass is 9.94. The third-order valence-electron chi connectivity index (χ3n) is 4.62. The van der Waals surface area contributed by atoms with Gasteiger partial charge in [-0.3, -0.25) is 4.90 Å². The van der Waals surface area contributed by atoms with Crippen molar-refractivity contribution in [2.45, 2.75) is 57.7 Å². The normalized spacial score (nSPS) is 23.5. The molecule has 1 amide bonds. The van der Waals surface area contributed by atoms with E-state index in [1.807, 2.05) is 43.9 Å². The number of hydrogen-bond acceptors (Lipinski definition) is 5. The minimum Gasteiger partial charge on any atom is -0.444 e. The average Bonchev–Trinajstić information content (AvgIpc) is 3.07. The third kappa shape index (κ3) is 2.66. The van der Waals surface area contributed by atoms with Gasteiger partial charge in [0.25, 0.3) is 0 Å². The summed E-state index contributed by atoms with van der Waals surface area (Å²) in [6, 6.07) is 6.28. The highest BCUT2D eigenvalue weighted by atomic mass is 16.6. The maximum absolute atomic E-state index is 12.5. The second kappa shape index (κ2) is 5.33. The van der Waals surface area contributed by atoms with Crippen LogP contribution in [0.15, 0.2) is 28.9 Å². The summed E-state index contributed by atoms with van der Waals surface area (Å²) in [5.41, 5.74) is 3.43. The molecule has 0 N–H and O–H groups in total. The summed E-state index contributed by atoms with van der Waals surface area (Å²) in [5.74, 6) is 0. The van der Waals surface area contributed by atoms with Crippen molar-refractivity contribution in [2.75, 3.05) is 0 Å². The standard InChI is InChI=1S/C18H21N3O3/c1-18(2,3)23-17(22)21-13-5-6-14(21)9-12(8-13)11-4-7-15-16(10-11)20-24-19-15/h4,7-8,10,13-14H,5-6,9H2,1-3H3. The van der Waals surface area contributed by atoms with Crippen molar-refractivity contribution in [1.82, 2.24) is 15.2 Å². The Bertz CT molecular complexity index is 818. The first-order valence-corrected chi connectivity index (χ1v) is 8.35. The Morgan fingerprint density at radius 1 is 1.25 bits per heavy atom. The summed E-state index contributed by atoms with van der Waals surface area (Å²) >= 11 is 0. The molecular formula is C18H21N3O3. The van der Waals surface area contributed by atoms with Crippen LogP contribution < -0.4 is 0 Å². The highest BCUT2D eigenvalue weighted by Gasteiger charge is 2.41. The van der Waals surface area contributed by atoms with Crippen molar-refractivity contribution in [3.63, 3.8) is 0 Å².